The molecular weight excluding hydrogens is 238 g/mol. The molecule has 2 rings (SSSR count). The van der Waals surface area contributed by atoms with Crippen molar-refractivity contribution in [1.82, 2.24) is 4.98 Å². The van der Waals surface area contributed by atoms with Gasteiger partial charge in [-0.05, 0) is 31.9 Å². The van der Waals surface area contributed by atoms with Gasteiger partial charge in [0.25, 0.3) is 0 Å². The van der Waals surface area contributed by atoms with Crippen molar-refractivity contribution in [1.29, 1.82) is 0 Å². The highest BCUT2D eigenvalue weighted by Gasteiger charge is 2.04. The van der Waals surface area contributed by atoms with Crippen LogP contribution in [0.3, 0.4) is 0 Å². The number of rotatable bonds is 6. The summed E-state index contributed by atoms with van der Waals surface area (Å²) in [6, 6.07) is 9.47. The quantitative estimate of drug-likeness (QED) is 0.661. The highest BCUT2D eigenvalue weighted by Crippen LogP contribution is 2.24. The van der Waals surface area contributed by atoms with Gasteiger partial charge in [0.05, 0.1) is 5.69 Å². The summed E-state index contributed by atoms with van der Waals surface area (Å²) >= 11 is 1.73. The van der Waals surface area contributed by atoms with E-state index >= 15 is 0 Å². The van der Waals surface area contributed by atoms with Gasteiger partial charge in [-0.1, -0.05) is 43.9 Å². The van der Waals surface area contributed by atoms with Gasteiger partial charge in [0, 0.05) is 10.9 Å². The average molecular weight is 258 g/mol. The zero-order valence-electron chi connectivity index (χ0n) is 11.2. The Kier molecular flexibility index (Phi) is 4.94. The molecule has 0 saturated carbocycles. The number of unbranched alkanes of at least 4 members (excludes halogenated alkanes) is 3. The number of hydrogen-bond donors (Lipinski definition) is 0. The standard InChI is InChI=1S/C16H20NS/c1-3-4-5-6-10-15-12-18-16(17-15)14-9-7-8-13(2)11-14/h7-8,11-12H,3-6,10H2,1-2H3. The van der Waals surface area contributed by atoms with Crippen molar-refractivity contribution >= 4 is 11.3 Å². The Labute approximate surface area is 114 Å². The SMILES string of the molecule is CCCCCCc1csc(-c2[c]ccc(C)c2)n1. The number of benzene rings is 1. The number of aryl methyl sites for hydroxylation is 2. The third-order valence-corrected chi connectivity index (χ3v) is 3.95. The second kappa shape index (κ2) is 6.69. The molecule has 2 heteroatoms. The molecule has 0 aliphatic carbocycles. The molecule has 0 aliphatic rings. The van der Waals surface area contributed by atoms with Gasteiger partial charge in [-0.2, -0.15) is 0 Å². The van der Waals surface area contributed by atoms with E-state index in [4.69, 9.17) is 4.98 Å². The van der Waals surface area contributed by atoms with Crippen molar-refractivity contribution in [3.63, 3.8) is 0 Å². The highest BCUT2D eigenvalue weighted by molar-refractivity contribution is 7.13. The molecule has 0 atom stereocenters. The van der Waals surface area contributed by atoms with Gasteiger partial charge in [0.1, 0.15) is 5.01 Å². The second-order valence-electron chi connectivity index (χ2n) is 4.73. The van der Waals surface area contributed by atoms with Gasteiger partial charge < -0.3 is 0 Å². The third-order valence-electron chi connectivity index (χ3n) is 3.03. The molecule has 2 aromatic rings. The van der Waals surface area contributed by atoms with Crippen LogP contribution in [-0.2, 0) is 6.42 Å². The molecule has 18 heavy (non-hydrogen) atoms. The summed E-state index contributed by atoms with van der Waals surface area (Å²) < 4.78 is 0. The number of hydrogen-bond acceptors (Lipinski definition) is 2. The lowest BCUT2D eigenvalue weighted by Crippen LogP contribution is -1.86. The first-order valence-corrected chi connectivity index (χ1v) is 7.60. The second-order valence-corrected chi connectivity index (χ2v) is 5.59. The zero-order chi connectivity index (χ0) is 12.8. The van der Waals surface area contributed by atoms with E-state index in [9.17, 15) is 0 Å². The molecule has 0 saturated heterocycles. The molecule has 1 heterocycles. The molecular formula is C16H20NS. The van der Waals surface area contributed by atoms with Crippen LogP contribution in [0.4, 0.5) is 0 Å². The van der Waals surface area contributed by atoms with Crippen molar-refractivity contribution in [2.75, 3.05) is 0 Å². The van der Waals surface area contributed by atoms with Crippen LogP contribution in [-0.4, -0.2) is 4.98 Å². The summed E-state index contributed by atoms with van der Waals surface area (Å²) in [7, 11) is 0. The van der Waals surface area contributed by atoms with Gasteiger partial charge in [0.2, 0.25) is 0 Å². The Bertz CT molecular complexity index is 487. The van der Waals surface area contributed by atoms with Gasteiger partial charge in [-0.15, -0.1) is 11.3 Å². The first kappa shape index (κ1) is 13.3. The van der Waals surface area contributed by atoms with E-state index in [1.807, 2.05) is 6.07 Å². The molecule has 0 fully saturated rings. The molecule has 0 aliphatic heterocycles. The lowest BCUT2D eigenvalue weighted by atomic mass is 10.1. The molecule has 0 bridgehead atoms. The fourth-order valence-electron chi connectivity index (χ4n) is 1.98. The first-order valence-electron chi connectivity index (χ1n) is 6.72. The Morgan fingerprint density at radius 1 is 1.28 bits per heavy atom. The van der Waals surface area contributed by atoms with Crippen LogP contribution < -0.4 is 0 Å². The zero-order valence-corrected chi connectivity index (χ0v) is 12.0. The van der Waals surface area contributed by atoms with Crippen LogP contribution in [0.25, 0.3) is 10.6 Å². The molecule has 1 aromatic heterocycles. The number of aromatic nitrogens is 1. The van der Waals surface area contributed by atoms with E-state index in [0.717, 1.165) is 17.0 Å². The summed E-state index contributed by atoms with van der Waals surface area (Å²) in [5.74, 6) is 0. The molecule has 1 radical (unpaired) electrons. The highest BCUT2D eigenvalue weighted by atomic mass is 32.1. The van der Waals surface area contributed by atoms with Crippen LogP contribution >= 0.6 is 11.3 Å². The van der Waals surface area contributed by atoms with Crippen LogP contribution in [0.2, 0.25) is 0 Å². The van der Waals surface area contributed by atoms with Gasteiger partial charge in [0.15, 0.2) is 0 Å². The van der Waals surface area contributed by atoms with Gasteiger partial charge in [-0.25, -0.2) is 4.98 Å². The van der Waals surface area contributed by atoms with Crippen molar-refractivity contribution in [3.8, 4) is 10.6 Å². The number of nitrogens with zero attached hydrogens (tertiary/aromatic N) is 1. The first-order chi connectivity index (χ1) is 8.79. The topological polar surface area (TPSA) is 12.9 Å². The minimum atomic E-state index is 1.10. The van der Waals surface area contributed by atoms with E-state index in [-0.39, 0.29) is 0 Å². The lowest BCUT2D eigenvalue weighted by molar-refractivity contribution is 0.662. The number of thiazole rings is 1. The van der Waals surface area contributed by atoms with Gasteiger partial charge in [-0.3, -0.25) is 0 Å². The maximum atomic E-state index is 4.71. The predicted octanol–water partition coefficient (Wildman–Crippen LogP) is 5.04. The van der Waals surface area contributed by atoms with Crippen molar-refractivity contribution < 1.29 is 0 Å². The van der Waals surface area contributed by atoms with Crippen LogP contribution in [0, 0.1) is 13.0 Å². The Hall–Kier alpha value is -1.15. The molecule has 0 amide bonds. The fraction of sp³-hybridized carbons (Fsp3) is 0.438. The van der Waals surface area contributed by atoms with E-state index in [1.165, 1.54) is 36.9 Å². The maximum absolute atomic E-state index is 4.71. The molecule has 1 nitrogen and oxygen atoms in total. The van der Waals surface area contributed by atoms with Crippen LogP contribution in [0.5, 0.6) is 0 Å². The predicted molar refractivity (Wildman–Crippen MR) is 79.0 cm³/mol. The van der Waals surface area contributed by atoms with Gasteiger partial charge >= 0.3 is 0 Å². The smallest absolute Gasteiger partial charge is 0.124 e. The van der Waals surface area contributed by atoms with E-state index in [2.05, 4.69) is 37.4 Å². The monoisotopic (exact) mass is 258 g/mol. The molecule has 95 valence electrons. The molecule has 0 spiro atoms. The Balaban J connectivity index is 1.97. The maximum Gasteiger partial charge on any atom is 0.124 e. The Morgan fingerprint density at radius 3 is 2.94 bits per heavy atom. The van der Waals surface area contributed by atoms with Crippen LogP contribution in [0.15, 0.2) is 23.6 Å². The summed E-state index contributed by atoms with van der Waals surface area (Å²) in [6.07, 6.45) is 6.32. The average Bonchev–Trinajstić information content (AvgIpc) is 2.83. The molecule has 0 N–H and O–H groups in total. The minimum Gasteiger partial charge on any atom is -0.241 e. The van der Waals surface area contributed by atoms with E-state index < -0.39 is 0 Å². The fourth-order valence-corrected chi connectivity index (χ4v) is 2.82. The molecule has 0 unspecified atom stereocenters. The van der Waals surface area contributed by atoms with Crippen molar-refractivity contribution in [2.45, 2.75) is 46.0 Å². The van der Waals surface area contributed by atoms with Crippen LogP contribution in [0.1, 0.15) is 43.9 Å². The van der Waals surface area contributed by atoms with E-state index in [0.29, 0.717) is 0 Å². The normalized spacial score (nSPS) is 10.8. The largest absolute Gasteiger partial charge is 0.241 e. The summed E-state index contributed by atoms with van der Waals surface area (Å²) in [4.78, 5) is 4.71. The summed E-state index contributed by atoms with van der Waals surface area (Å²) in [6.45, 7) is 4.35. The van der Waals surface area contributed by atoms with Crippen molar-refractivity contribution in [3.05, 3.63) is 40.9 Å². The minimum absolute atomic E-state index is 1.10. The summed E-state index contributed by atoms with van der Waals surface area (Å²) in [5.41, 5.74) is 3.63. The third kappa shape index (κ3) is 3.67. The Morgan fingerprint density at radius 2 is 2.17 bits per heavy atom. The molecule has 1 aromatic carbocycles. The lowest BCUT2D eigenvalue weighted by Gasteiger charge is -1.98. The van der Waals surface area contributed by atoms with Crippen molar-refractivity contribution in [2.24, 2.45) is 0 Å². The van der Waals surface area contributed by atoms with E-state index in [1.54, 1.807) is 11.3 Å². The summed E-state index contributed by atoms with van der Waals surface area (Å²) in [5, 5.41) is 3.29.